The highest BCUT2D eigenvalue weighted by atomic mass is 16.7. The van der Waals surface area contributed by atoms with Gasteiger partial charge in [0.2, 0.25) is 6.79 Å². The average Bonchev–Trinajstić information content (AvgIpc) is 3.11. The van der Waals surface area contributed by atoms with Gasteiger partial charge in [-0.3, -0.25) is 4.79 Å². The molecule has 1 N–H and O–H groups in total. The fourth-order valence-electron chi connectivity index (χ4n) is 2.63. The Bertz CT molecular complexity index is 768. The van der Waals surface area contributed by atoms with Gasteiger partial charge in [-0.05, 0) is 49.7 Å². The zero-order valence-electron chi connectivity index (χ0n) is 14.4. The standard InChI is InChI=1S/C19H21N3O3/c1-3-22(4-2)16-8-5-14(6-9-16)12-20-21-19(23)15-7-10-17-18(11-15)25-13-24-17/h5-12H,3-4,13H2,1-2H3,(H,21,23)/b20-12-. The van der Waals surface area contributed by atoms with Crippen LogP contribution in [0, 0.1) is 0 Å². The highest BCUT2D eigenvalue weighted by molar-refractivity contribution is 5.95. The first-order chi connectivity index (χ1) is 12.2. The highest BCUT2D eigenvalue weighted by Gasteiger charge is 2.15. The molecule has 0 atom stereocenters. The topological polar surface area (TPSA) is 63.2 Å². The third kappa shape index (κ3) is 3.91. The van der Waals surface area contributed by atoms with E-state index in [2.05, 4.69) is 29.3 Å². The molecule has 1 heterocycles. The van der Waals surface area contributed by atoms with Crippen molar-refractivity contribution in [3.05, 3.63) is 53.6 Å². The Labute approximate surface area is 147 Å². The number of carbonyl (C=O) groups is 1. The van der Waals surface area contributed by atoms with Crippen LogP contribution in [0.25, 0.3) is 0 Å². The van der Waals surface area contributed by atoms with Crippen LogP contribution in [0.15, 0.2) is 47.6 Å². The van der Waals surface area contributed by atoms with Crippen molar-refractivity contribution in [1.29, 1.82) is 0 Å². The van der Waals surface area contributed by atoms with Crippen LogP contribution in [0.3, 0.4) is 0 Å². The molecule has 0 saturated heterocycles. The number of hydrazone groups is 1. The first-order valence-corrected chi connectivity index (χ1v) is 8.29. The van der Waals surface area contributed by atoms with Crippen molar-refractivity contribution in [3.8, 4) is 11.5 Å². The van der Waals surface area contributed by atoms with E-state index in [9.17, 15) is 4.79 Å². The molecule has 1 aliphatic rings. The van der Waals surface area contributed by atoms with Gasteiger partial charge in [-0.2, -0.15) is 5.10 Å². The van der Waals surface area contributed by atoms with Gasteiger partial charge in [-0.15, -0.1) is 0 Å². The monoisotopic (exact) mass is 339 g/mol. The van der Waals surface area contributed by atoms with Crippen LogP contribution in [0.4, 0.5) is 5.69 Å². The zero-order valence-corrected chi connectivity index (χ0v) is 14.4. The molecule has 0 saturated carbocycles. The third-order valence-corrected chi connectivity index (χ3v) is 4.04. The molecule has 1 aliphatic heterocycles. The van der Waals surface area contributed by atoms with Crippen LogP contribution in [0.2, 0.25) is 0 Å². The predicted molar refractivity (Wildman–Crippen MR) is 97.6 cm³/mol. The van der Waals surface area contributed by atoms with Gasteiger partial charge < -0.3 is 14.4 Å². The molecule has 25 heavy (non-hydrogen) atoms. The number of anilines is 1. The minimum Gasteiger partial charge on any atom is -0.454 e. The molecule has 2 aromatic rings. The maximum atomic E-state index is 12.1. The van der Waals surface area contributed by atoms with Crippen molar-refractivity contribution in [2.75, 3.05) is 24.8 Å². The van der Waals surface area contributed by atoms with Crippen LogP contribution in [0.5, 0.6) is 11.5 Å². The Kier molecular flexibility index (Phi) is 5.18. The number of hydrogen-bond acceptors (Lipinski definition) is 5. The summed E-state index contributed by atoms with van der Waals surface area (Å²) in [5.74, 6) is 0.922. The molecule has 0 radical (unpaired) electrons. The number of fused-ring (bicyclic) bond motifs is 1. The van der Waals surface area contributed by atoms with E-state index >= 15 is 0 Å². The van der Waals surface area contributed by atoms with Crippen LogP contribution in [-0.2, 0) is 0 Å². The van der Waals surface area contributed by atoms with E-state index in [-0.39, 0.29) is 12.7 Å². The fraction of sp³-hybridized carbons (Fsp3) is 0.263. The Morgan fingerprint density at radius 2 is 1.84 bits per heavy atom. The molecule has 0 bridgehead atoms. The van der Waals surface area contributed by atoms with E-state index < -0.39 is 0 Å². The minimum atomic E-state index is -0.297. The minimum absolute atomic E-state index is 0.183. The normalized spacial score (nSPS) is 12.4. The summed E-state index contributed by atoms with van der Waals surface area (Å²) in [6, 6.07) is 13.1. The molecule has 0 aliphatic carbocycles. The maximum absolute atomic E-state index is 12.1. The molecule has 2 aromatic carbocycles. The molecule has 6 nitrogen and oxygen atoms in total. The second-order valence-electron chi connectivity index (χ2n) is 5.53. The molecular formula is C19H21N3O3. The predicted octanol–water partition coefficient (Wildman–Crippen LogP) is 3.03. The van der Waals surface area contributed by atoms with Gasteiger partial charge in [0, 0.05) is 24.3 Å². The summed E-state index contributed by atoms with van der Waals surface area (Å²) >= 11 is 0. The number of nitrogens with zero attached hydrogens (tertiary/aromatic N) is 2. The lowest BCUT2D eigenvalue weighted by Gasteiger charge is -2.20. The molecule has 0 aromatic heterocycles. The summed E-state index contributed by atoms with van der Waals surface area (Å²) in [7, 11) is 0. The summed E-state index contributed by atoms with van der Waals surface area (Å²) in [5, 5.41) is 4.02. The molecular weight excluding hydrogens is 318 g/mol. The quantitative estimate of drug-likeness (QED) is 0.649. The van der Waals surface area contributed by atoms with Gasteiger partial charge in [0.25, 0.3) is 5.91 Å². The molecule has 6 heteroatoms. The van der Waals surface area contributed by atoms with Crippen molar-refractivity contribution in [1.82, 2.24) is 5.43 Å². The second-order valence-corrected chi connectivity index (χ2v) is 5.53. The number of amides is 1. The van der Waals surface area contributed by atoms with Gasteiger partial charge >= 0.3 is 0 Å². The molecule has 0 fully saturated rings. The van der Waals surface area contributed by atoms with Gasteiger partial charge in [0.1, 0.15) is 0 Å². The van der Waals surface area contributed by atoms with Crippen molar-refractivity contribution in [2.45, 2.75) is 13.8 Å². The fourth-order valence-corrected chi connectivity index (χ4v) is 2.63. The van der Waals surface area contributed by atoms with E-state index in [0.717, 1.165) is 18.7 Å². The summed E-state index contributed by atoms with van der Waals surface area (Å²) < 4.78 is 10.5. The van der Waals surface area contributed by atoms with Crippen molar-refractivity contribution in [2.24, 2.45) is 5.10 Å². The number of benzene rings is 2. The summed E-state index contributed by atoms with van der Waals surface area (Å²) in [6.07, 6.45) is 1.62. The summed E-state index contributed by atoms with van der Waals surface area (Å²) in [5.41, 5.74) is 5.08. The van der Waals surface area contributed by atoms with Crippen molar-refractivity contribution >= 4 is 17.8 Å². The van der Waals surface area contributed by atoms with E-state index in [1.807, 2.05) is 24.3 Å². The SMILES string of the molecule is CCN(CC)c1ccc(/C=N\NC(=O)c2ccc3c(c2)OCO3)cc1. The lowest BCUT2D eigenvalue weighted by molar-refractivity contribution is 0.0954. The molecule has 0 unspecified atom stereocenters. The molecule has 130 valence electrons. The van der Waals surface area contributed by atoms with Crippen LogP contribution in [-0.4, -0.2) is 32.0 Å². The van der Waals surface area contributed by atoms with Crippen LogP contribution in [0.1, 0.15) is 29.8 Å². The number of carbonyl (C=O) groups excluding carboxylic acids is 1. The first-order valence-electron chi connectivity index (χ1n) is 8.29. The molecule has 1 amide bonds. The Hall–Kier alpha value is -3.02. The first kappa shape index (κ1) is 16.8. The van der Waals surface area contributed by atoms with Crippen LogP contribution < -0.4 is 19.8 Å². The zero-order chi connectivity index (χ0) is 17.6. The Morgan fingerprint density at radius 1 is 1.12 bits per heavy atom. The Balaban J connectivity index is 1.60. The third-order valence-electron chi connectivity index (χ3n) is 4.04. The molecule has 0 spiro atoms. The van der Waals surface area contributed by atoms with Gasteiger partial charge in [-0.25, -0.2) is 5.43 Å². The van der Waals surface area contributed by atoms with E-state index in [1.54, 1.807) is 24.4 Å². The highest BCUT2D eigenvalue weighted by Crippen LogP contribution is 2.32. The lowest BCUT2D eigenvalue weighted by Crippen LogP contribution is -2.21. The largest absolute Gasteiger partial charge is 0.454 e. The Morgan fingerprint density at radius 3 is 2.56 bits per heavy atom. The van der Waals surface area contributed by atoms with E-state index in [0.29, 0.717) is 17.1 Å². The second kappa shape index (κ2) is 7.70. The van der Waals surface area contributed by atoms with Gasteiger partial charge in [0.15, 0.2) is 11.5 Å². The summed E-state index contributed by atoms with van der Waals surface area (Å²) in [6.45, 7) is 6.38. The number of hydrogen-bond donors (Lipinski definition) is 1. The summed E-state index contributed by atoms with van der Waals surface area (Å²) in [4.78, 5) is 14.4. The lowest BCUT2D eigenvalue weighted by atomic mass is 10.2. The number of rotatable bonds is 6. The van der Waals surface area contributed by atoms with Crippen molar-refractivity contribution in [3.63, 3.8) is 0 Å². The maximum Gasteiger partial charge on any atom is 0.271 e. The van der Waals surface area contributed by atoms with Gasteiger partial charge in [-0.1, -0.05) is 12.1 Å². The molecule has 3 rings (SSSR count). The van der Waals surface area contributed by atoms with Crippen LogP contribution >= 0.6 is 0 Å². The number of nitrogens with one attached hydrogen (secondary N) is 1. The van der Waals surface area contributed by atoms with Gasteiger partial charge in [0.05, 0.1) is 6.21 Å². The van der Waals surface area contributed by atoms with E-state index in [4.69, 9.17) is 9.47 Å². The van der Waals surface area contributed by atoms with E-state index in [1.165, 1.54) is 5.69 Å². The smallest absolute Gasteiger partial charge is 0.271 e. The van der Waals surface area contributed by atoms with Crippen molar-refractivity contribution < 1.29 is 14.3 Å². The number of ether oxygens (including phenoxy) is 2. The average molecular weight is 339 g/mol.